The van der Waals surface area contributed by atoms with Crippen molar-refractivity contribution in [2.45, 2.75) is 13.0 Å². The zero-order valence-corrected chi connectivity index (χ0v) is 8.68. The van der Waals surface area contributed by atoms with Gasteiger partial charge in [0.25, 0.3) is 5.56 Å². The minimum Gasteiger partial charge on any atom is -0.328 e. The van der Waals surface area contributed by atoms with E-state index in [1.165, 1.54) is 0 Å². The van der Waals surface area contributed by atoms with Gasteiger partial charge in [0, 0.05) is 18.7 Å². The number of pyridine rings is 1. The highest BCUT2D eigenvalue weighted by atomic mass is 16.1. The molecule has 1 aromatic heterocycles. The lowest BCUT2D eigenvalue weighted by molar-refractivity contribution is 0.559. The van der Waals surface area contributed by atoms with Crippen LogP contribution in [0.5, 0.6) is 0 Å². The minimum atomic E-state index is 0.00616. The maximum absolute atomic E-state index is 11.7. The molecule has 1 aromatic carbocycles. The third kappa shape index (κ3) is 1.66. The fourth-order valence-corrected chi connectivity index (χ4v) is 1.77. The van der Waals surface area contributed by atoms with Crippen LogP contribution in [0.15, 0.2) is 41.2 Å². The standard InChI is InChI=1S/C12H14N2O/c1-9(8-13)14-11-5-3-2-4-10(11)6-7-12(14)15/h2-7,9H,8,13H2,1H3. The van der Waals surface area contributed by atoms with Crippen LogP contribution < -0.4 is 11.3 Å². The summed E-state index contributed by atoms with van der Waals surface area (Å²) in [4.78, 5) is 11.7. The van der Waals surface area contributed by atoms with Crippen molar-refractivity contribution in [2.24, 2.45) is 5.73 Å². The molecule has 0 amide bonds. The Balaban J connectivity index is 2.80. The van der Waals surface area contributed by atoms with E-state index in [-0.39, 0.29) is 11.6 Å². The number of fused-ring (bicyclic) bond motifs is 1. The first kappa shape index (κ1) is 9.93. The Kier molecular flexibility index (Phi) is 2.56. The van der Waals surface area contributed by atoms with Crippen LogP contribution in [0.4, 0.5) is 0 Å². The Bertz CT molecular complexity index is 530. The van der Waals surface area contributed by atoms with Gasteiger partial charge in [0.2, 0.25) is 0 Å². The van der Waals surface area contributed by atoms with Gasteiger partial charge >= 0.3 is 0 Å². The molecular formula is C12H14N2O. The predicted molar refractivity (Wildman–Crippen MR) is 62.0 cm³/mol. The first-order valence-electron chi connectivity index (χ1n) is 5.04. The van der Waals surface area contributed by atoms with Crippen molar-refractivity contribution in [2.75, 3.05) is 6.54 Å². The number of hydrogen-bond acceptors (Lipinski definition) is 2. The smallest absolute Gasteiger partial charge is 0.251 e. The topological polar surface area (TPSA) is 48.0 Å². The van der Waals surface area contributed by atoms with Crippen molar-refractivity contribution >= 4 is 10.9 Å². The molecule has 0 saturated heterocycles. The van der Waals surface area contributed by atoms with Crippen LogP contribution in [0.25, 0.3) is 10.9 Å². The largest absolute Gasteiger partial charge is 0.328 e. The highest BCUT2D eigenvalue weighted by Crippen LogP contribution is 2.14. The molecular weight excluding hydrogens is 188 g/mol. The SMILES string of the molecule is CC(CN)n1c(=O)ccc2ccccc21. The van der Waals surface area contributed by atoms with Gasteiger partial charge < -0.3 is 10.3 Å². The van der Waals surface area contributed by atoms with E-state index in [4.69, 9.17) is 5.73 Å². The summed E-state index contributed by atoms with van der Waals surface area (Å²) in [5, 5.41) is 1.07. The maximum atomic E-state index is 11.7. The lowest BCUT2D eigenvalue weighted by Gasteiger charge is -2.15. The summed E-state index contributed by atoms with van der Waals surface area (Å²) in [5.41, 5.74) is 6.56. The van der Waals surface area contributed by atoms with Crippen molar-refractivity contribution in [3.8, 4) is 0 Å². The number of rotatable bonds is 2. The molecule has 1 atom stereocenters. The number of para-hydroxylation sites is 1. The molecule has 1 unspecified atom stereocenters. The molecule has 2 rings (SSSR count). The molecule has 3 nitrogen and oxygen atoms in total. The van der Waals surface area contributed by atoms with Gasteiger partial charge in [0.05, 0.1) is 5.52 Å². The van der Waals surface area contributed by atoms with Crippen LogP contribution >= 0.6 is 0 Å². The quantitative estimate of drug-likeness (QED) is 0.802. The minimum absolute atomic E-state index is 0.00616. The second kappa shape index (κ2) is 3.87. The number of nitrogens with zero attached hydrogens (tertiary/aromatic N) is 1. The van der Waals surface area contributed by atoms with E-state index < -0.39 is 0 Å². The number of aromatic nitrogens is 1. The Hall–Kier alpha value is -1.61. The zero-order chi connectivity index (χ0) is 10.8. The van der Waals surface area contributed by atoms with Crippen molar-refractivity contribution in [3.05, 3.63) is 46.8 Å². The molecule has 2 N–H and O–H groups in total. The number of hydrogen-bond donors (Lipinski definition) is 1. The Morgan fingerprint density at radius 2 is 2.00 bits per heavy atom. The summed E-state index contributed by atoms with van der Waals surface area (Å²) in [7, 11) is 0. The van der Waals surface area contributed by atoms with Crippen molar-refractivity contribution in [1.29, 1.82) is 0 Å². The average Bonchev–Trinajstić information content (AvgIpc) is 2.28. The van der Waals surface area contributed by atoms with Crippen molar-refractivity contribution < 1.29 is 0 Å². The Labute approximate surface area is 88.1 Å². The summed E-state index contributed by atoms with van der Waals surface area (Å²) in [6, 6.07) is 11.3. The van der Waals surface area contributed by atoms with E-state index in [0.29, 0.717) is 6.54 Å². The molecule has 0 aliphatic carbocycles. The maximum Gasteiger partial charge on any atom is 0.251 e. The fraction of sp³-hybridized carbons (Fsp3) is 0.250. The van der Waals surface area contributed by atoms with Crippen LogP contribution in [0.2, 0.25) is 0 Å². The molecule has 0 radical (unpaired) electrons. The van der Waals surface area contributed by atoms with Gasteiger partial charge in [-0.25, -0.2) is 0 Å². The number of benzene rings is 1. The first-order chi connectivity index (χ1) is 7.24. The van der Waals surface area contributed by atoms with Gasteiger partial charge in [-0.05, 0) is 24.4 Å². The molecule has 15 heavy (non-hydrogen) atoms. The highest BCUT2D eigenvalue weighted by molar-refractivity contribution is 5.78. The average molecular weight is 202 g/mol. The summed E-state index contributed by atoms with van der Waals surface area (Å²) in [6.45, 7) is 2.42. The summed E-state index contributed by atoms with van der Waals surface area (Å²) in [5.74, 6) is 0. The van der Waals surface area contributed by atoms with Crippen molar-refractivity contribution in [3.63, 3.8) is 0 Å². The molecule has 0 spiro atoms. The monoisotopic (exact) mass is 202 g/mol. The van der Waals surface area contributed by atoms with E-state index >= 15 is 0 Å². The molecule has 0 saturated carbocycles. The zero-order valence-electron chi connectivity index (χ0n) is 8.68. The van der Waals surface area contributed by atoms with E-state index in [1.54, 1.807) is 10.6 Å². The van der Waals surface area contributed by atoms with Gasteiger partial charge in [-0.2, -0.15) is 0 Å². The van der Waals surface area contributed by atoms with Gasteiger partial charge in [0.15, 0.2) is 0 Å². The first-order valence-corrected chi connectivity index (χ1v) is 5.04. The van der Waals surface area contributed by atoms with Crippen LogP contribution in [0.1, 0.15) is 13.0 Å². The van der Waals surface area contributed by atoms with Crippen LogP contribution in [-0.4, -0.2) is 11.1 Å². The second-order valence-electron chi connectivity index (χ2n) is 3.69. The normalized spacial score (nSPS) is 12.9. The molecule has 1 heterocycles. The van der Waals surface area contributed by atoms with Crippen LogP contribution in [-0.2, 0) is 0 Å². The van der Waals surface area contributed by atoms with Gasteiger partial charge in [-0.3, -0.25) is 4.79 Å². The summed E-state index contributed by atoms with van der Waals surface area (Å²) < 4.78 is 1.75. The molecule has 0 bridgehead atoms. The Morgan fingerprint density at radius 3 is 2.73 bits per heavy atom. The van der Waals surface area contributed by atoms with Crippen LogP contribution in [0, 0.1) is 0 Å². The lowest BCUT2D eigenvalue weighted by atomic mass is 10.2. The molecule has 78 valence electrons. The lowest BCUT2D eigenvalue weighted by Crippen LogP contribution is -2.27. The van der Waals surface area contributed by atoms with Gasteiger partial charge in [0.1, 0.15) is 0 Å². The van der Waals surface area contributed by atoms with E-state index in [0.717, 1.165) is 10.9 Å². The molecule has 0 fully saturated rings. The molecule has 0 aliphatic rings. The molecule has 2 aromatic rings. The number of nitrogens with two attached hydrogens (primary N) is 1. The third-order valence-corrected chi connectivity index (χ3v) is 2.62. The molecule has 3 heteroatoms. The highest BCUT2D eigenvalue weighted by Gasteiger charge is 2.07. The van der Waals surface area contributed by atoms with E-state index in [1.807, 2.05) is 37.3 Å². The summed E-state index contributed by atoms with van der Waals surface area (Å²) >= 11 is 0. The van der Waals surface area contributed by atoms with Crippen LogP contribution in [0.3, 0.4) is 0 Å². The predicted octanol–water partition coefficient (Wildman–Crippen LogP) is 1.52. The van der Waals surface area contributed by atoms with E-state index in [9.17, 15) is 4.79 Å². The van der Waals surface area contributed by atoms with Gasteiger partial charge in [-0.15, -0.1) is 0 Å². The third-order valence-electron chi connectivity index (χ3n) is 2.62. The van der Waals surface area contributed by atoms with Crippen molar-refractivity contribution in [1.82, 2.24) is 4.57 Å². The summed E-state index contributed by atoms with van der Waals surface area (Å²) in [6.07, 6.45) is 0. The fourth-order valence-electron chi connectivity index (χ4n) is 1.77. The molecule has 0 aliphatic heterocycles. The Morgan fingerprint density at radius 1 is 1.27 bits per heavy atom. The van der Waals surface area contributed by atoms with E-state index in [2.05, 4.69) is 0 Å². The van der Waals surface area contributed by atoms with Gasteiger partial charge in [-0.1, -0.05) is 18.2 Å². The second-order valence-corrected chi connectivity index (χ2v) is 3.69.